The number of benzene rings is 2. The number of imidazole rings is 1. The van der Waals surface area contributed by atoms with Crippen molar-refractivity contribution in [2.24, 2.45) is 0 Å². The molecule has 8 heteroatoms. The second-order valence-corrected chi connectivity index (χ2v) is 9.18. The lowest BCUT2D eigenvalue weighted by Gasteiger charge is -2.27. The molecule has 1 atom stereocenters. The first-order valence-electron chi connectivity index (χ1n) is 12.0. The van der Waals surface area contributed by atoms with Crippen LogP contribution in [0.1, 0.15) is 29.3 Å². The standard InChI is InChI=1S/C28H28N6O2/c1-19-12-13-32(2)14-15-33(19)28(35)22-8-9-23(26(16-22)36-3)24-10-11-27-30-18-25(34(27)31-24)21-6-4-20(17-29)5-7-21/h4-11,16,18-19H,12-15H2,1-3H3/t19-/m0/s1. The fourth-order valence-electron chi connectivity index (χ4n) is 4.61. The number of nitriles is 1. The van der Waals surface area contributed by atoms with Crippen molar-refractivity contribution in [1.82, 2.24) is 24.4 Å². The van der Waals surface area contributed by atoms with Crippen molar-refractivity contribution in [3.05, 3.63) is 71.9 Å². The molecule has 3 heterocycles. The molecule has 0 saturated carbocycles. The van der Waals surface area contributed by atoms with Crippen LogP contribution < -0.4 is 4.74 Å². The van der Waals surface area contributed by atoms with Crippen molar-refractivity contribution in [2.75, 3.05) is 33.8 Å². The van der Waals surface area contributed by atoms with Gasteiger partial charge in [0, 0.05) is 35.8 Å². The van der Waals surface area contributed by atoms with Gasteiger partial charge in [0.05, 0.1) is 36.3 Å². The van der Waals surface area contributed by atoms with Crippen LogP contribution in [-0.2, 0) is 0 Å². The molecule has 182 valence electrons. The Balaban J connectivity index is 1.49. The van der Waals surface area contributed by atoms with Crippen molar-refractivity contribution in [1.29, 1.82) is 5.26 Å². The summed E-state index contributed by atoms with van der Waals surface area (Å²) in [7, 11) is 3.70. The molecular formula is C28H28N6O2. The Morgan fingerprint density at radius 2 is 1.89 bits per heavy atom. The van der Waals surface area contributed by atoms with Crippen LogP contribution >= 0.6 is 0 Å². The van der Waals surface area contributed by atoms with Crippen molar-refractivity contribution < 1.29 is 9.53 Å². The number of hydrogen-bond donors (Lipinski definition) is 0. The first-order chi connectivity index (χ1) is 17.5. The van der Waals surface area contributed by atoms with Crippen molar-refractivity contribution in [3.8, 4) is 34.3 Å². The van der Waals surface area contributed by atoms with Gasteiger partial charge in [0.2, 0.25) is 0 Å². The Morgan fingerprint density at radius 1 is 1.08 bits per heavy atom. The molecule has 1 aliphatic heterocycles. The number of rotatable bonds is 4. The first kappa shape index (κ1) is 23.5. The third-order valence-electron chi connectivity index (χ3n) is 6.84. The minimum absolute atomic E-state index is 0.0174. The van der Waals surface area contributed by atoms with Gasteiger partial charge in [-0.25, -0.2) is 9.50 Å². The zero-order chi connectivity index (χ0) is 25.2. The Hall–Kier alpha value is -4.22. The minimum atomic E-state index is 0.0174. The van der Waals surface area contributed by atoms with E-state index < -0.39 is 0 Å². The van der Waals surface area contributed by atoms with E-state index in [1.165, 1.54) is 0 Å². The highest BCUT2D eigenvalue weighted by atomic mass is 16.5. The van der Waals surface area contributed by atoms with Crippen LogP contribution in [0, 0.1) is 11.3 Å². The fraction of sp³-hybridized carbons (Fsp3) is 0.286. The summed E-state index contributed by atoms with van der Waals surface area (Å²) in [5.41, 5.74) is 5.15. The molecule has 0 unspecified atom stereocenters. The second kappa shape index (κ2) is 9.80. The normalized spacial score (nSPS) is 16.5. The lowest BCUT2D eigenvalue weighted by atomic mass is 10.1. The number of aromatic nitrogens is 3. The molecular weight excluding hydrogens is 452 g/mol. The molecule has 2 aromatic carbocycles. The van der Waals surface area contributed by atoms with Gasteiger partial charge >= 0.3 is 0 Å². The largest absolute Gasteiger partial charge is 0.496 e. The predicted octanol–water partition coefficient (Wildman–Crippen LogP) is 4.11. The molecule has 1 fully saturated rings. The summed E-state index contributed by atoms with van der Waals surface area (Å²) >= 11 is 0. The average molecular weight is 481 g/mol. The van der Waals surface area contributed by atoms with Crippen LogP contribution in [0.5, 0.6) is 5.75 Å². The van der Waals surface area contributed by atoms with Crippen molar-refractivity contribution in [3.63, 3.8) is 0 Å². The topological polar surface area (TPSA) is 86.8 Å². The number of carbonyl (C=O) groups excluding carboxylic acids is 1. The van der Waals surface area contributed by atoms with E-state index >= 15 is 0 Å². The summed E-state index contributed by atoms with van der Waals surface area (Å²) in [6.45, 7) is 4.66. The Kier molecular flexibility index (Phi) is 6.40. The summed E-state index contributed by atoms with van der Waals surface area (Å²) in [6.07, 6.45) is 2.72. The molecule has 0 radical (unpaired) electrons. The monoisotopic (exact) mass is 480 g/mol. The number of hydrogen-bond acceptors (Lipinski definition) is 6. The van der Waals surface area contributed by atoms with Crippen LogP contribution in [0.15, 0.2) is 60.8 Å². The summed E-state index contributed by atoms with van der Waals surface area (Å²) in [6, 6.07) is 19.0. The van der Waals surface area contributed by atoms with Gasteiger partial charge < -0.3 is 14.5 Å². The molecule has 0 bridgehead atoms. The first-order valence-corrected chi connectivity index (χ1v) is 12.0. The molecule has 0 N–H and O–H groups in total. The number of ether oxygens (including phenoxy) is 1. The molecule has 36 heavy (non-hydrogen) atoms. The van der Waals surface area contributed by atoms with E-state index in [1.54, 1.807) is 36.0 Å². The SMILES string of the molecule is COc1cc(C(=O)N2CCN(C)CC[C@@H]2C)ccc1-c1ccc2ncc(-c3ccc(C#N)cc3)n2n1. The second-order valence-electron chi connectivity index (χ2n) is 9.18. The Bertz CT molecular complexity index is 1450. The number of nitrogens with zero attached hydrogens (tertiary/aromatic N) is 6. The van der Waals surface area contributed by atoms with Gasteiger partial charge in [-0.3, -0.25) is 4.79 Å². The van der Waals surface area contributed by atoms with Gasteiger partial charge in [0.1, 0.15) is 5.75 Å². The van der Waals surface area contributed by atoms with Crippen molar-refractivity contribution >= 4 is 11.6 Å². The van der Waals surface area contributed by atoms with E-state index in [0.717, 1.165) is 36.3 Å². The molecule has 1 amide bonds. The molecule has 1 saturated heterocycles. The lowest BCUT2D eigenvalue weighted by molar-refractivity contribution is 0.0702. The smallest absolute Gasteiger partial charge is 0.254 e. The maximum Gasteiger partial charge on any atom is 0.254 e. The number of likely N-dealkylation sites (N-methyl/N-ethyl adjacent to an activating group) is 1. The van der Waals surface area contributed by atoms with Gasteiger partial charge in [-0.1, -0.05) is 12.1 Å². The summed E-state index contributed by atoms with van der Waals surface area (Å²) in [5.74, 6) is 0.608. The molecule has 1 aliphatic rings. The molecule has 2 aromatic heterocycles. The summed E-state index contributed by atoms with van der Waals surface area (Å²) in [4.78, 5) is 22.1. The zero-order valence-electron chi connectivity index (χ0n) is 20.7. The molecule has 4 aromatic rings. The van der Waals surface area contributed by atoms with E-state index in [4.69, 9.17) is 15.1 Å². The third kappa shape index (κ3) is 4.41. The number of methoxy groups -OCH3 is 1. The van der Waals surface area contributed by atoms with Crippen LogP contribution in [0.3, 0.4) is 0 Å². The van der Waals surface area contributed by atoms with Gasteiger partial charge in [0.15, 0.2) is 5.65 Å². The Labute approximate surface area is 210 Å². The molecule has 5 rings (SSSR count). The van der Waals surface area contributed by atoms with E-state index in [9.17, 15) is 4.79 Å². The van der Waals surface area contributed by atoms with Gasteiger partial charge in [-0.05, 0) is 69.4 Å². The molecule has 0 aliphatic carbocycles. The van der Waals surface area contributed by atoms with Crippen LogP contribution in [0.4, 0.5) is 0 Å². The highest BCUT2D eigenvalue weighted by Gasteiger charge is 2.25. The minimum Gasteiger partial charge on any atom is -0.496 e. The fourth-order valence-corrected chi connectivity index (χ4v) is 4.61. The zero-order valence-corrected chi connectivity index (χ0v) is 20.7. The van der Waals surface area contributed by atoms with Gasteiger partial charge in [-0.15, -0.1) is 0 Å². The molecule has 0 spiro atoms. The average Bonchev–Trinajstić information content (AvgIpc) is 3.26. The number of amides is 1. The number of fused-ring (bicyclic) bond motifs is 1. The Morgan fingerprint density at radius 3 is 2.64 bits per heavy atom. The van der Waals surface area contributed by atoms with Gasteiger partial charge in [0.25, 0.3) is 5.91 Å². The summed E-state index contributed by atoms with van der Waals surface area (Å²) in [5, 5.41) is 13.9. The van der Waals surface area contributed by atoms with E-state index in [2.05, 4.69) is 29.9 Å². The maximum absolute atomic E-state index is 13.4. The van der Waals surface area contributed by atoms with Crippen LogP contribution in [0.25, 0.3) is 28.2 Å². The highest BCUT2D eigenvalue weighted by Crippen LogP contribution is 2.31. The van der Waals surface area contributed by atoms with Gasteiger partial charge in [-0.2, -0.15) is 10.4 Å². The molecule has 8 nitrogen and oxygen atoms in total. The van der Waals surface area contributed by atoms with Crippen molar-refractivity contribution in [2.45, 2.75) is 19.4 Å². The van der Waals surface area contributed by atoms with E-state index in [-0.39, 0.29) is 11.9 Å². The van der Waals surface area contributed by atoms with Crippen LogP contribution in [-0.4, -0.2) is 70.1 Å². The number of carbonyl (C=O) groups is 1. The highest BCUT2D eigenvalue weighted by molar-refractivity contribution is 5.95. The summed E-state index contributed by atoms with van der Waals surface area (Å²) < 4.78 is 7.49. The maximum atomic E-state index is 13.4. The predicted molar refractivity (Wildman–Crippen MR) is 138 cm³/mol. The van der Waals surface area contributed by atoms with Crippen LogP contribution in [0.2, 0.25) is 0 Å². The third-order valence-corrected chi connectivity index (χ3v) is 6.84. The quantitative estimate of drug-likeness (QED) is 0.437. The van der Waals surface area contributed by atoms with E-state index in [0.29, 0.717) is 34.8 Å². The van der Waals surface area contributed by atoms with E-state index in [1.807, 2.05) is 41.3 Å². The lowest BCUT2D eigenvalue weighted by Crippen LogP contribution is -2.39.